The number of carbonyl (C=O) groups is 1. The average Bonchev–Trinajstić information content (AvgIpc) is 1.91. The fourth-order valence-electron chi connectivity index (χ4n) is 1.48. The Morgan fingerprint density at radius 2 is 2.07 bits per heavy atom. The molecule has 0 aromatic rings. The summed E-state index contributed by atoms with van der Waals surface area (Å²) in [5.74, 6) is -1.04. The predicted molar refractivity (Wildman–Crippen MR) is 55.3 cm³/mol. The molecule has 0 saturated heterocycles. The summed E-state index contributed by atoms with van der Waals surface area (Å²) in [6.45, 7) is 5.57. The highest BCUT2D eigenvalue weighted by Gasteiger charge is 2.30. The van der Waals surface area contributed by atoms with Gasteiger partial charge in [0, 0.05) is 0 Å². The monoisotopic (exact) mass is 214 g/mol. The van der Waals surface area contributed by atoms with Gasteiger partial charge in [-0.15, -0.1) is 0 Å². The molecule has 1 saturated carbocycles. The first kappa shape index (κ1) is 12.2. The normalized spacial score (nSPS) is 23.2. The van der Waals surface area contributed by atoms with Crippen molar-refractivity contribution < 1.29 is 19.7 Å². The molecule has 4 heteroatoms. The summed E-state index contributed by atoms with van der Waals surface area (Å²) in [5, 5.41) is 18.1. The molecule has 86 valence electrons. The molecule has 15 heavy (non-hydrogen) atoms. The Hall–Kier alpha value is -0.870. The van der Waals surface area contributed by atoms with Crippen molar-refractivity contribution >= 4 is 5.97 Å². The Balaban J connectivity index is 2.37. The molecule has 0 bridgehead atoms. The summed E-state index contributed by atoms with van der Waals surface area (Å²) in [6.07, 6.45) is 1.72. The van der Waals surface area contributed by atoms with E-state index in [0.29, 0.717) is 12.8 Å². The molecule has 1 aliphatic carbocycles. The van der Waals surface area contributed by atoms with Crippen LogP contribution < -0.4 is 0 Å². The number of carboxylic acid groups (broad SMARTS) is 1. The van der Waals surface area contributed by atoms with Gasteiger partial charge in [0.05, 0.1) is 11.5 Å². The molecule has 0 spiro atoms. The second-order valence-corrected chi connectivity index (χ2v) is 4.89. The SMILES string of the molecule is CC(C)(C)OC(O)C=C1CC(C(=O)O)C1. The number of rotatable bonds is 3. The molecule has 4 nitrogen and oxygen atoms in total. The second-order valence-electron chi connectivity index (χ2n) is 4.89. The van der Waals surface area contributed by atoms with E-state index in [1.807, 2.05) is 20.8 Å². The molecule has 0 aliphatic heterocycles. The zero-order chi connectivity index (χ0) is 11.6. The number of hydrogen-bond acceptors (Lipinski definition) is 3. The quantitative estimate of drug-likeness (QED) is 0.552. The van der Waals surface area contributed by atoms with Crippen LogP contribution in [0.2, 0.25) is 0 Å². The minimum atomic E-state index is -0.935. The molecular formula is C11H18O4. The molecular weight excluding hydrogens is 196 g/mol. The van der Waals surface area contributed by atoms with Crippen LogP contribution in [0, 0.1) is 5.92 Å². The molecule has 0 heterocycles. The number of ether oxygens (including phenoxy) is 1. The topological polar surface area (TPSA) is 66.8 Å². The average molecular weight is 214 g/mol. The van der Waals surface area contributed by atoms with Gasteiger partial charge in [-0.2, -0.15) is 0 Å². The highest BCUT2D eigenvalue weighted by molar-refractivity contribution is 5.72. The van der Waals surface area contributed by atoms with Crippen LogP contribution in [0.1, 0.15) is 33.6 Å². The zero-order valence-corrected chi connectivity index (χ0v) is 9.36. The third kappa shape index (κ3) is 4.01. The maximum Gasteiger partial charge on any atom is 0.307 e. The Labute approximate surface area is 89.6 Å². The van der Waals surface area contributed by atoms with Gasteiger partial charge in [0.25, 0.3) is 0 Å². The number of carboxylic acids is 1. The lowest BCUT2D eigenvalue weighted by Gasteiger charge is -2.28. The summed E-state index contributed by atoms with van der Waals surface area (Å²) in [7, 11) is 0. The first-order chi connectivity index (χ1) is 6.78. The third-order valence-corrected chi connectivity index (χ3v) is 2.22. The lowest BCUT2D eigenvalue weighted by Crippen LogP contribution is -2.28. The van der Waals surface area contributed by atoms with Crippen LogP contribution >= 0.6 is 0 Å². The maximum atomic E-state index is 10.5. The van der Waals surface area contributed by atoms with E-state index in [2.05, 4.69) is 0 Å². The van der Waals surface area contributed by atoms with E-state index >= 15 is 0 Å². The molecule has 1 unspecified atom stereocenters. The molecule has 0 amide bonds. The van der Waals surface area contributed by atoms with Gasteiger partial charge in [-0.1, -0.05) is 5.57 Å². The molecule has 1 rings (SSSR count). The largest absolute Gasteiger partial charge is 0.481 e. The van der Waals surface area contributed by atoms with E-state index in [-0.39, 0.29) is 5.92 Å². The Kier molecular flexibility index (Phi) is 3.52. The molecule has 1 fully saturated rings. The molecule has 1 aliphatic rings. The van der Waals surface area contributed by atoms with Crippen molar-refractivity contribution in [3.05, 3.63) is 11.6 Å². The molecule has 0 aromatic carbocycles. The Morgan fingerprint density at radius 3 is 2.47 bits per heavy atom. The van der Waals surface area contributed by atoms with Crippen LogP contribution in [0.25, 0.3) is 0 Å². The van der Waals surface area contributed by atoms with E-state index in [9.17, 15) is 9.90 Å². The van der Waals surface area contributed by atoms with Crippen LogP contribution in [0.5, 0.6) is 0 Å². The van der Waals surface area contributed by atoms with Gasteiger partial charge in [0.15, 0.2) is 6.29 Å². The van der Waals surface area contributed by atoms with E-state index in [1.165, 1.54) is 0 Å². The molecule has 2 N–H and O–H groups in total. The fourth-order valence-corrected chi connectivity index (χ4v) is 1.48. The van der Waals surface area contributed by atoms with Gasteiger partial charge in [-0.3, -0.25) is 4.79 Å². The van der Waals surface area contributed by atoms with Crippen molar-refractivity contribution in [2.75, 3.05) is 0 Å². The first-order valence-corrected chi connectivity index (χ1v) is 5.06. The standard InChI is InChI=1S/C11H18O4/c1-11(2,3)15-9(12)6-7-4-8(5-7)10(13)14/h6,8-9,12H,4-5H2,1-3H3,(H,13,14). The zero-order valence-electron chi connectivity index (χ0n) is 9.36. The van der Waals surface area contributed by atoms with Gasteiger partial charge in [0.2, 0.25) is 0 Å². The van der Waals surface area contributed by atoms with Crippen LogP contribution in [-0.2, 0) is 9.53 Å². The van der Waals surface area contributed by atoms with Gasteiger partial charge >= 0.3 is 5.97 Å². The maximum absolute atomic E-state index is 10.5. The highest BCUT2D eigenvalue weighted by Crippen LogP contribution is 2.33. The Morgan fingerprint density at radius 1 is 1.53 bits per heavy atom. The number of aliphatic hydroxyl groups is 1. The van der Waals surface area contributed by atoms with Crippen LogP contribution in [0.15, 0.2) is 11.6 Å². The van der Waals surface area contributed by atoms with Gasteiger partial charge in [0.1, 0.15) is 0 Å². The van der Waals surface area contributed by atoms with Crippen LogP contribution in [0.3, 0.4) is 0 Å². The lowest BCUT2D eigenvalue weighted by atomic mass is 9.80. The number of aliphatic carboxylic acids is 1. The number of aliphatic hydroxyl groups excluding tert-OH is 1. The van der Waals surface area contributed by atoms with Crippen LogP contribution in [-0.4, -0.2) is 28.1 Å². The van der Waals surface area contributed by atoms with Crippen molar-refractivity contribution in [2.24, 2.45) is 5.92 Å². The summed E-state index contributed by atoms with van der Waals surface area (Å²) in [5.41, 5.74) is 0.561. The number of hydrogen-bond donors (Lipinski definition) is 2. The van der Waals surface area contributed by atoms with Gasteiger partial charge in [-0.25, -0.2) is 0 Å². The van der Waals surface area contributed by atoms with Crippen molar-refractivity contribution in [3.8, 4) is 0 Å². The second kappa shape index (κ2) is 4.33. The van der Waals surface area contributed by atoms with Gasteiger partial charge in [-0.05, 0) is 39.7 Å². The third-order valence-electron chi connectivity index (χ3n) is 2.22. The molecule has 0 aromatic heterocycles. The summed E-state index contributed by atoms with van der Waals surface area (Å²) >= 11 is 0. The molecule has 0 radical (unpaired) electrons. The minimum Gasteiger partial charge on any atom is -0.481 e. The van der Waals surface area contributed by atoms with E-state index in [0.717, 1.165) is 5.57 Å². The van der Waals surface area contributed by atoms with Crippen molar-refractivity contribution in [2.45, 2.75) is 45.5 Å². The number of allylic oxidation sites excluding steroid dienone is 1. The molecule has 1 atom stereocenters. The summed E-state index contributed by atoms with van der Waals surface area (Å²) in [4.78, 5) is 10.5. The van der Waals surface area contributed by atoms with Crippen molar-refractivity contribution in [3.63, 3.8) is 0 Å². The van der Waals surface area contributed by atoms with E-state index < -0.39 is 17.9 Å². The highest BCUT2D eigenvalue weighted by atomic mass is 16.6. The van der Waals surface area contributed by atoms with Gasteiger partial charge < -0.3 is 14.9 Å². The summed E-state index contributed by atoms with van der Waals surface area (Å²) in [6, 6.07) is 0. The fraction of sp³-hybridized carbons (Fsp3) is 0.727. The lowest BCUT2D eigenvalue weighted by molar-refractivity contribution is -0.144. The minimum absolute atomic E-state index is 0.280. The Bertz CT molecular complexity index is 267. The van der Waals surface area contributed by atoms with Crippen molar-refractivity contribution in [1.29, 1.82) is 0 Å². The van der Waals surface area contributed by atoms with Crippen molar-refractivity contribution in [1.82, 2.24) is 0 Å². The van der Waals surface area contributed by atoms with E-state index in [4.69, 9.17) is 9.84 Å². The van der Waals surface area contributed by atoms with E-state index in [1.54, 1.807) is 6.08 Å². The van der Waals surface area contributed by atoms with Crippen LogP contribution in [0.4, 0.5) is 0 Å². The first-order valence-electron chi connectivity index (χ1n) is 5.06. The summed E-state index contributed by atoms with van der Waals surface area (Å²) < 4.78 is 5.27. The predicted octanol–water partition coefficient (Wildman–Crippen LogP) is 1.54. The smallest absolute Gasteiger partial charge is 0.307 e.